The van der Waals surface area contributed by atoms with Crippen molar-refractivity contribution in [3.8, 4) is 17.6 Å². The molecule has 0 saturated carbocycles. The lowest BCUT2D eigenvalue weighted by Gasteiger charge is -2.18. The molecule has 0 aliphatic heterocycles. The molecule has 0 aliphatic carbocycles. The van der Waals surface area contributed by atoms with Crippen molar-refractivity contribution in [3.63, 3.8) is 0 Å². The summed E-state index contributed by atoms with van der Waals surface area (Å²) in [5.74, 6) is 0.195. The van der Waals surface area contributed by atoms with E-state index in [1.54, 1.807) is 24.3 Å². The number of sulfonamides is 1. The van der Waals surface area contributed by atoms with Crippen molar-refractivity contribution in [1.82, 2.24) is 4.31 Å². The number of hydrogen-bond donors (Lipinski definition) is 1. The van der Waals surface area contributed by atoms with Crippen molar-refractivity contribution < 1.29 is 22.7 Å². The van der Waals surface area contributed by atoms with E-state index in [0.717, 1.165) is 9.87 Å². The molecule has 0 unspecified atom stereocenters. The van der Waals surface area contributed by atoms with Crippen molar-refractivity contribution in [2.24, 2.45) is 0 Å². The Labute approximate surface area is 164 Å². The summed E-state index contributed by atoms with van der Waals surface area (Å²) in [4.78, 5) is 12.2. The molecule has 0 radical (unpaired) electrons. The number of ether oxygens (including phenoxy) is 2. The van der Waals surface area contributed by atoms with E-state index >= 15 is 0 Å². The van der Waals surface area contributed by atoms with E-state index in [1.165, 1.54) is 39.5 Å². The molecule has 0 heterocycles. The van der Waals surface area contributed by atoms with Crippen LogP contribution in [0.4, 0.5) is 5.69 Å². The number of nitriles is 1. The van der Waals surface area contributed by atoms with Crippen molar-refractivity contribution in [3.05, 3.63) is 48.0 Å². The second kappa shape index (κ2) is 9.21. The fourth-order valence-electron chi connectivity index (χ4n) is 2.44. The van der Waals surface area contributed by atoms with Crippen LogP contribution >= 0.6 is 0 Å². The summed E-state index contributed by atoms with van der Waals surface area (Å²) in [5.41, 5.74) is 1.34. The van der Waals surface area contributed by atoms with Crippen LogP contribution in [0.1, 0.15) is 5.56 Å². The number of carbonyl (C=O) groups is 1. The van der Waals surface area contributed by atoms with Crippen molar-refractivity contribution in [2.45, 2.75) is 11.3 Å². The van der Waals surface area contributed by atoms with Crippen LogP contribution in [0.3, 0.4) is 0 Å². The second-order valence-corrected chi connectivity index (χ2v) is 7.90. The summed E-state index contributed by atoms with van der Waals surface area (Å²) in [5, 5.41) is 11.3. The molecule has 0 bridgehead atoms. The Morgan fingerprint density at radius 3 is 2.32 bits per heavy atom. The molecule has 0 fully saturated rings. The van der Waals surface area contributed by atoms with Gasteiger partial charge in [0.25, 0.3) is 0 Å². The normalized spacial score (nSPS) is 11.0. The van der Waals surface area contributed by atoms with Gasteiger partial charge in [0.15, 0.2) is 11.5 Å². The first-order valence-corrected chi connectivity index (χ1v) is 9.70. The smallest absolute Gasteiger partial charge is 0.243 e. The van der Waals surface area contributed by atoms with Gasteiger partial charge in [-0.3, -0.25) is 4.79 Å². The zero-order chi connectivity index (χ0) is 20.7. The zero-order valence-electron chi connectivity index (χ0n) is 15.8. The van der Waals surface area contributed by atoms with Crippen molar-refractivity contribution in [2.75, 3.05) is 33.1 Å². The van der Waals surface area contributed by atoms with Gasteiger partial charge in [0.1, 0.15) is 0 Å². The first-order valence-electron chi connectivity index (χ1n) is 8.26. The van der Waals surface area contributed by atoms with Crippen LogP contribution in [-0.4, -0.2) is 46.4 Å². The topological polar surface area (TPSA) is 109 Å². The van der Waals surface area contributed by atoms with E-state index in [2.05, 4.69) is 5.32 Å². The average Bonchev–Trinajstić information content (AvgIpc) is 2.68. The van der Waals surface area contributed by atoms with Gasteiger partial charge in [-0.2, -0.15) is 9.57 Å². The largest absolute Gasteiger partial charge is 0.493 e. The molecule has 0 spiro atoms. The Balaban J connectivity index is 2.09. The SMILES string of the molecule is COc1ccc(S(=O)(=O)N(C)CC(=O)Nc2ccc(CC#N)cc2)cc1OC. The monoisotopic (exact) mass is 403 g/mol. The highest BCUT2D eigenvalue weighted by molar-refractivity contribution is 7.89. The molecule has 0 aliphatic rings. The predicted molar refractivity (Wildman–Crippen MR) is 104 cm³/mol. The maximum atomic E-state index is 12.7. The van der Waals surface area contributed by atoms with Crippen LogP contribution in [0.2, 0.25) is 0 Å². The van der Waals surface area contributed by atoms with Gasteiger partial charge in [-0.15, -0.1) is 0 Å². The molecule has 8 nitrogen and oxygen atoms in total. The highest BCUT2D eigenvalue weighted by Gasteiger charge is 2.24. The molecule has 0 saturated heterocycles. The Kier molecular flexibility index (Phi) is 6.98. The van der Waals surface area contributed by atoms with Gasteiger partial charge in [0, 0.05) is 18.8 Å². The summed E-state index contributed by atoms with van der Waals surface area (Å²) in [6.45, 7) is -0.364. The van der Waals surface area contributed by atoms with Gasteiger partial charge in [-0.05, 0) is 29.8 Å². The number of methoxy groups -OCH3 is 2. The summed E-state index contributed by atoms with van der Waals surface area (Å²) >= 11 is 0. The lowest BCUT2D eigenvalue weighted by atomic mass is 10.1. The third-order valence-corrected chi connectivity index (χ3v) is 5.75. The molecule has 148 valence electrons. The van der Waals surface area contributed by atoms with Gasteiger partial charge >= 0.3 is 0 Å². The molecule has 1 amide bonds. The summed E-state index contributed by atoms with van der Waals surface area (Å²) in [6, 6.07) is 13.0. The first-order chi connectivity index (χ1) is 13.3. The number of carbonyl (C=O) groups excluding carboxylic acids is 1. The third kappa shape index (κ3) is 5.00. The van der Waals surface area contributed by atoms with Gasteiger partial charge in [-0.25, -0.2) is 8.42 Å². The minimum Gasteiger partial charge on any atom is -0.493 e. The Morgan fingerprint density at radius 2 is 1.75 bits per heavy atom. The number of amides is 1. The summed E-state index contributed by atoms with van der Waals surface area (Å²) < 4.78 is 36.6. The highest BCUT2D eigenvalue weighted by Crippen LogP contribution is 2.30. The van der Waals surface area contributed by atoms with E-state index in [9.17, 15) is 13.2 Å². The van der Waals surface area contributed by atoms with Crippen LogP contribution in [-0.2, 0) is 21.2 Å². The number of hydrogen-bond acceptors (Lipinski definition) is 6. The van der Waals surface area contributed by atoms with Crippen LogP contribution < -0.4 is 14.8 Å². The van der Waals surface area contributed by atoms with Crippen molar-refractivity contribution in [1.29, 1.82) is 5.26 Å². The number of anilines is 1. The standard InChI is InChI=1S/C19H21N3O5S/c1-22(13-19(23)21-15-6-4-14(5-7-15)10-11-20)28(24,25)16-8-9-17(26-2)18(12-16)27-3/h4-9,12H,10,13H2,1-3H3,(H,21,23). The van der Waals surface area contributed by atoms with E-state index in [4.69, 9.17) is 14.7 Å². The van der Waals surface area contributed by atoms with Gasteiger partial charge in [0.2, 0.25) is 15.9 Å². The first kappa shape index (κ1) is 21.2. The second-order valence-electron chi connectivity index (χ2n) is 5.86. The maximum Gasteiger partial charge on any atom is 0.243 e. The summed E-state index contributed by atoms with van der Waals surface area (Å²) in [7, 11) is 0.288. The number of nitrogens with zero attached hydrogens (tertiary/aromatic N) is 2. The zero-order valence-corrected chi connectivity index (χ0v) is 16.6. The molecule has 0 aromatic heterocycles. The fourth-order valence-corrected chi connectivity index (χ4v) is 3.58. The Hall–Kier alpha value is -3.09. The lowest BCUT2D eigenvalue weighted by Crippen LogP contribution is -2.35. The molecule has 0 atom stereocenters. The minimum atomic E-state index is -3.90. The quantitative estimate of drug-likeness (QED) is 0.722. The van der Waals surface area contributed by atoms with Gasteiger partial charge in [0.05, 0.1) is 38.1 Å². The minimum absolute atomic E-state index is 0.0127. The molecule has 9 heteroatoms. The maximum absolute atomic E-state index is 12.7. The lowest BCUT2D eigenvalue weighted by molar-refractivity contribution is -0.116. The van der Waals surface area contributed by atoms with E-state index in [1.807, 2.05) is 6.07 Å². The van der Waals surface area contributed by atoms with Gasteiger partial charge in [-0.1, -0.05) is 12.1 Å². The number of benzene rings is 2. The predicted octanol–water partition coefficient (Wildman–Crippen LogP) is 2.03. The van der Waals surface area contributed by atoms with Crippen molar-refractivity contribution >= 4 is 21.6 Å². The van der Waals surface area contributed by atoms with Crippen LogP contribution in [0.25, 0.3) is 0 Å². The molecule has 1 N–H and O–H groups in total. The average molecular weight is 403 g/mol. The molecule has 2 aromatic carbocycles. The molecule has 2 aromatic rings. The fraction of sp³-hybridized carbons (Fsp3) is 0.263. The number of rotatable bonds is 8. The Bertz CT molecular complexity index is 982. The van der Waals surface area contributed by atoms with E-state index in [0.29, 0.717) is 11.4 Å². The number of nitrogens with one attached hydrogen (secondary N) is 1. The Morgan fingerprint density at radius 1 is 1.11 bits per heavy atom. The molecule has 28 heavy (non-hydrogen) atoms. The van der Waals surface area contributed by atoms with Gasteiger partial charge < -0.3 is 14.8 Å². The third-order valence-electron chi connectivity index (χ3n) is 3.95. The van der Waals surface area contributed by atoms with Crippen LogP contribution in [0, 0.1) is 11.3 Å². The highest BCUT2D eigenvalue weighted by atomic mass is 32.2. The summed E-state index contributed by atoms with van der Waals surface area (Å²) in [6.07, 6.45) is 0.278. The van der Waals surface area contributed by atoms with Crippen LogP contribution in [0.5, 0.6) is 11.5 Å². The van der Waals surface area contributed by atoms with E-state index < -0.39 is 15.9 Å². The number of likely N-dealkylation sites (N-methyl/N-ethyl adjacent to an activating group) is 1. The van der Waals surface area contributed by atoms with Crippen LogP contribution in [0.15, 0.2) is 47.4 Å². The molecule has 2 rings (SSSR count). The molecular formula is C19H21N3O5S. The van der Waals surface area contributed by atoms with E-state index in [-0.39, 0.29) is 23.6 Å². The molecular weight excluding hydrogens is 382 g/mol.